The van der Waals surface area contributed by atoms with Crippen LogP contribution in [-0.4, -0.2) is 101 Å². The maximum Gasteiger partial charge on any atom is 3.00 e. The molecule has 0 aliphatic carbocycles. The molecule has 0 aliphatic heterocycles. The molecule has 0 saturated carbocycles. The fraction of sp³-hybridized carbons (Fsp3) is 0. The van der Waals surface area contributed by atoms with E-state index in [0.29, 0.717) is 0 Å². The molecule has 4 heteroatoms. The van der Waals surface area contributed by atoms with E-state index in [1.165, 1.54) is 0 Å². The molecule has 0 heterocycles. The summed E-state index contributed by atoms with van der Waals surface area (Å²) in [5, 5.41) is 0. The minimum Gasteiger partial charge on any atom is -2.00 e. The maximum absolute atomic E-state index is 0. The molecule has 0 saturated heterocycles. The Labute approximate surface area is 103 Å². The van der Waals surface area contributed by atoms with Gasteiger partial charge in [0.25, 0.3) is 0 Å². The molecule has 0 aromatic heterocycles. The van der Waals surface area contributed by atoms with Crippen LogP contribution in [0.3, 0.4) is 0 Å². The topological polar surface area (TPSA) is 28.5 Å². The summed E-state index contributed by atoms with van der Waals surface area (Å²) in [6.07, 6.45) is 0. The van der Waals surface area contributed by atoms with Crippen LogP contribution in [-0.2, 0) is 5.48 Å². The Morgan fingerprint density at radius 1 is 1.00 bits per heavy atom. The van der Waals surface area contributed by atoms with Crippen molar-refractivity contribution in [3.8, 4) is 0 Å². The molecule has 8 valence electrons. The van der Waals surface area contributed by atoms with Crippen LogP contribution in [0, 0.1) is 0 Å². The Bertz CT molecular complexity index is 8.00. The summed E-state index contributed by atoms with van der Waals surface area (Å²) in [4.78, 5) is 0. The van der Waals surface area contributed by atoms with E-state index in [2.05, 4.69) is 0 Å². The van der Waals surface area contributed by atoms with Crippen LogP contribution in [0.2, 0.25) is 0 Å². The van der Waals surface area contributed by atoms with Gasteiger partial charge in [0.2, 0.25) is 0 Å². The Morgan fingerprint density at radius 2 is 1.00 bits per heavy atom. The average molecular weight is 171 g/mol. The molecular weight excluding hydrogens is 171 g/mol. The monoisotopic (exact) mass is 171 g/mol. The van der Waals surface area contributed by atoms with E-state index < -0.39 is 0 Å². The third-order valence-corrected chi connectivity index (χ3v) is 0. The van der Waals surface area contributed by atoms with Gasteiger partial charge in [-0.3, -0.25) is 0 Å². The first kappa shape index (κ1) is 26.9. The predicted octanol–water partition coefficient (Wildman–Crippen LogP) is -1.26. The average Bonchev–Trinajstić information content (AvgIpc) is 0. The van der Waals surface area contributed by atoms with Crippen LogP contribution in [0.25, 0.3) is 0 Å². The molecule has 0 N–H and O–H groups in total. The van der Waals surface area contributed by atoms with E-state index >= 15 is 0 Å². The molecule has 0 unspecified atom stereocenters. The van der Waals surface area contributed by atoms with Gasteiger partial charge in [0.1, 0.15) is 0 Å². The maximum atomic E-state index is 0. The molecule has 0 radical (unpaired) electrons. The van der Waals surface area contributed by atoms with Crippen LogP contribution >= 0.6 is 0 Å². The molecule has 0 fully saturated rings. The normalized spacial score (nSPS) is 0. The van der Waals surface area contributed by atoms with Gasteiger partial charge in [-0.15, -0.1) is 0 Å². The van der Waals surface area contributed by atoms with Crippen molar-refractivity contribution in [1.82, 2.24) is 0 Å². The second kappa shape index (κ2) is 16.3. The molecule has 1 nitrogen and oxygen atoms in total. The molecule has 0 rings (SSSR count). The SMILES string of the molecule is [Al+3].[Ca+2].[O-2].[Sr+2]. The van der Waals surface area contributed by atoms with E-state index in [1.807, 2.05) is 0 Å². The molecule has 4 heavy (non-hydrogen) atoms. The van der Waals surface area contributed by atoms with Gasteiger partial charge >= 0.3 is 101 Å². The molecule has 0 atom stereocenters. The van der Waals surface area contributed by atoms with Crippen LogP contribution in [0.1, 0.15) is 0 Å². The van der Waals surface area contributed by atoms with Gasteiger partial charge in [0.15, 0.2) is 0 Å². The first-order chi connectivity index (χ1) is 0. The Morgan fingerprint density at radius 3 is 1.00 bits per heavy atom. The largest absolute Gasteiger partial charge is 3.00 e. The fourth-order valence-electron chi connectivity index (χ4n) is 0. The first-order valence-electron chi connectivity index (χ1n) is 0. The van der Waals surface area contributed by atoms with Gasteiger partial charge < -0.3 is 5.48 Å². The third-order valence-electron chi connectivity index (χ3n) is 0. The summed E-state index contributed by atoms with van der Waals surface area (Å²) >= 11 is 0. The Balaban J connectivity index is 0. The molecule has 0 bridgehead atoms. The zero-order chi connectivity index (χ0) is 0. The summed E-state index contributed by atoms with van der Waals surface area (Å²) in [7, 11) is 0. The van der Waals surface area contributed by atoms with E-state index in [-0.39, 0.29) is 106 Å². The number of hydrogen-bond acceptors (Lipinski definition) is 0. The van der Waals surface area contributed by atoms with Crippen LogP contribution in [0.15, 0.2) is 0 Å². The fourth-order valence-corrected chi connectivity index (χ4v) is 0. The van der Waals surface area contributed by atoms with Gasteiger partial charge in [0, 0.05) is 0 Å². The molecule has 0 aromatic rings. The Kier molecular flexibility index (Phi) is 110. The molecular formula is AlCaOSr+5. The molecule has 0 spiro atoms. The summed E-state index contributed by atoms with van der Waals surface area (Å²) in [5.74, 6) is 0. The van der Waals surface area contributed by atoms with Crippen LogP contribution in [0.4, 0.5) is 0 Å². The van der Waals surface area contributed by atoms with Crippen molar-refractivity contribution in [2.75, 3.05) is 0 Å². The molecule has 0 aliphatic rings. The zero-order valence-electron chi connectivity index (χ0n) is 2.40. The summed E-state index contributed by atoms with van der Waals surface area (Å²) in [6, 6.07) is 0. The van der Waals surface area contributed by atoms with E-state index in [1.54, 1.807) is 0 Å². The molecule has 0 amide bonds. The van der Waals surface area contributed by atoms with Gasteiger partial charge in [-0.25, -0.2) is 0 Å². The van der Waals surface area contributed by atoms with Crippen LogP contribution in [0.5, 0.6) is 0 Å². The second-order valence-corrected chi connectivity index (χ2v) is 0. The van der Waals surface area contributed by atoms with E-state index in [0.717, 1.165) is 0 Å². The van der Waals surface area contributed by atoms with E-state index in [4.69, 9.17) is 0 Å². The van der Waals surface area contributed by atoms with Crippen molar-refractivity contribution in [1.29, 1.82) is 0 Å². The van der Waals surface area contributed by atoms with Crippen molar-refractivity contribution in [3.63, 3.8) is 0 Å². The third kappa shape index (κ3) is 8.97. The minimum absolute atomic E-state index is 0. The predicted molar refractivity (Wildman–Crippen MR) is 17.9 cm³/mol. The van der Waals surface area contributed by atoms with Crippen molar-refractivity contribution in [2.45, 2.75) is 0 Å². The standard InChI is InChI=1S/Al.Ca.O.Sr/q+3;+2;-2;+2. The van der Waals surface area contributed by atoms with Gasteiger partial charge in [-0.1, -0.05) is 0 Å². The quantitative estimate of drug-likeness (QED) is 0.406. The van der Waals surface area contributed by atoms with Crippen molar-refractivity contribution >= 4 is 101 Å². The summed E-state index contributed by atoms with van der Waals surface area (Å²) in [6.45, 7) is 0. The van der Waals surface area contributed by atoms with Crippen molar-refractivity contribution in [2.24, 2.45) is 0 Å². The second-order valence-electron chi connectivity index (χ2n) is 0. The van der Waals surface area contributed by atoms with Crippen molar-refractivity contribution in [3.05, 3.63) is 0 Å². The van der Waals surface area contributed by atoms with E-state index in [9.17, 15) is 0 Å². The first-order valence-corrected chi connectivity index (χ1v) is 0. The van der Waals surface area contributed by atoms with Crippen molar-refractivity contribution < 1.29 is 5.48 Å². The number of hydrogen-bond donors (Lipinski definition) is 0. The minimum atomic E-state index is 0. The van der Waals surface area contributed by atoms with Gasteiger partial charge in [-0.2, -0.15) is 0 Å². The summed E-state index contributed by atoms with van der Waals surface area (Å²) < 4.78 is 0. The van der Waals surface area contributed by atoms with Gasteiger partial charge in [-0.05, 0) is 0 Å². The van der Waals surface area contributed by atoms with Crippen LogP contribution < -0.4 is 0 Å². The zero-order valence-corrected chi connectivity index (χ0v) is 9.24. The number of rotatable bonds is 0. The summed E-state index contributed by atoms with van der Waals surface area (Å²) in [5.41, 5.74) is 0. The molecule has 0 aromatic carbocycles. The van der Waals surface area contributed by atoms with Gasteiger partial charge in [0.05, 0.1) is 0 Å². The smallest absolute Gasteiger partial charge is 2.00 e. The Hall–Kier alpha value is 3.23.